The van der Waals surface area contributed by atoms with Gasteiger partial charge in [-0.2, -0.15) is 0 Å². The van der Waals surface area contributed by atoms with Gasteiger partial charge in [0.25, 0.3) is 0 Å². The van der Waals surface area contributed by atoms with Gasteiger partial charge in [0.1, 0.15) is 0 Å². The summed E-state index contributed by atoms with van der Waals surface area (Å²) in [6.45, 7) is 0. The van der Waals surface area contributed by atoms with E-state index in [0.717, 1.165) is 22.0 Å². The summed E-state index contributed by atoms with van der Waals surface area (Å²) in [6.07, 6.45) is 5.07. The van der Waals surface area contributed by atoms with Crippen LogP contribution in [0.25, 0.3) is 10.9 Å². The van der Waals surface area contributed by atoms with Crippen LogP contribution >= 0.6 is 11.6 Å². The summed E-state index contributed by atoms with van der Waals surface area (Å²) in [5, 5.41) is 1.64. The Hall–Kier alpha value is -1.97. The van der Waals surface area contributed by atoms with Crippen molar-refractivity contribution < 1.29 is 0 Å². The number of nitrogens with zero attached hydrogens (tertiary/aromatic N) is 2. The lowest BCUT2D eigenvalue weighted by Gasteiger charge is -2.15. The van der Waals surface area contributed by atoms with Crippen LogP contribution in [0, 0.1) is 0 Å². The van der Waals surface area contributed by atoms with Gasteiger partial charge in [-0.15, -0.1) is 0 Å². The minimum Gasteiger partial charge on any atom is -0.320 e. The first-order valence-electron chi connectivity index (χ1n) is 5.96. The van der Waals surface area contributed by atoms with Gasteiger partial charge in [-0.25, -0.2) is 0 Å². The second kappa shape index (κ2) is 4.96. The molecule has 0 aliphatic carbocycles. The standard InChI is InChI=1S/C15H12ClN3/c16-13-9-18-8-6-11(13)14(17)12-5-1-3-10-4-2-7-19-15(10)12/h1-9,14H,17H2. The van der Waals surface area contributed by atoms with Crippen LogP contribution in [0.3, 0.4) is 0 Å². The van der Waals surface area contributed by atoms with Gasteiger partial charge >= 0.3 is 0 Å². The predicted molar refractivity (Wildman–Crippen MR) is 77.0 cm³/mol. The quantitative estimate of drug-likeness (QED) is 0.776. The molecule has 1 aromatic carbocycles. The van der Waals surface area contributed by atoms with Crippen molar-refractivity contribution in [3.05, 3.63) is 71.1 Å². The fourth-order valence-electron chi connectivity index (χ4n) is 2.18. The molecular formula is C15H12ClN3. The van der Waals surface area contributed by atoms with E-state index in [1.165, 1.54) is 0 Å². The van der Waals surface area contributed by atoms with Crippen molar-refractivity contribution in [1.29, 1.82) is 0 Å². The maximum Gasteiger partial charge on any atom is 0.0753 e. The van der Waals surface area contributed by atoms with Crippen molar-refractivity contribution >= 4 is 22.5 Å². The molecule has 0 spiro atoms. The highest BCUT2D eigenvalue weighted by atomic mass is 35.5. The maximum absolute atomic E-state index is 6.33. The SMILES string of the molecule is NC(c1ccncc1Cl)c1cccc2cccnc12. The minimum atomic E-state index is -0.311. The molecule has 0 radical (unpaired) electrons. The summed E-state index contributed by atoms with van der Waals surface area (Å²) in [7, 11) is 0. The van der Waals surface area contributed by atoms with Gasteiger partial charge in [-0.05, 0) is 23.3 Å². The lowest BCUT2D eigenvalue weighted by Crippen LogP contribution is -2.13. The third-order valence-electron chi connectivity index (χ3n) is 3.14. The van der Waals surface area contributed by atoms with Crippen LogP contribution in [0.15, 0.2) is 55.0 Å². The van der Waals surface area contributed by atoms with E-state index in [4.69, 9.17) is 17.3 Å². The molecular weight excluding hydrogens is 258 g/mol. The Bertz CT molecular complexity index is 722. The van der Waals surface area contributed by atoms with E-state index in [1.54, 1.807) is 18.6 Å². The molecule has 0 saturated carbocycles. The molecule has 3 nitrogen and oxygen atoms in total. The number of hydrogen-bond acceptors (Lipinski definition) is 3. The molecule has 0 amide bonds. The second-order valence-corrected chi connectivity index (χ2v) is 4.70. The molecule has 0 saturated heterocycles. The molecule has 0 bridgehead atoms. The van der Waals surface area contributed by atoms with Gasteiger partial charge < -0.3 is 5.73 Å². The number of hydrogen-bond donors (Lipinski definition) is 1. The highest BCUT2D eigenvalue weighted by Gasteiger charge is 2.15. The number of aromatic nitrogens is 2. The van der Waals surface area contributed by atoms with E-state index < -0.39 is 0 Å². The van der Waals surface area contributed by atoms with E-state index in [9.17, 15) is 0 Å². The fourth-order valence-corrected chi connectivity index (χ4v) is 2.42. The largest absolute Gasteiger partial charge is 0.320 e. The normalized spacial score (nSPS) is 12.5. The van der Waals surface area contributed by atoms with Gasteiger partial charge in [-0.3, -0.25) is 9.97 Å². The van der Waals surface area contributed by atoms with E-state index in [0.29, 0.717) is 5.02 Å². The Morgan fingerprint density at radius 3 is 2.68 bits per heavy atom. The number of halogens is 1. The highest BCUT2D eigenvalue weighted by molar-refractivity contribution is 6.31. The fraction of sp³-hybridized carbons (Fsp3) is 0.0667. The van der Waals surface area contributed by atoms with Crippen molar-refractivity contribution in [3.63, 3.8) is 0 Å². The van der Waals surface area contributed by atoms with Crippen molar-refractivity contribution in [2.24, 2.45) is 5.73 Å². The molecule has 94 valence electrons. The molecule has 2 N–H and O–H groups in total. The number of nitrogens with two attached hydrogens (primary N) is 1. The van der Waals surface area contributed by atoms with Gasteiger partial charge in [-0.1, -0.05) is 35.9 Å². The zero-order chi connectivity index (χ0) is 13.2. The molecule has 3 aromatic rings. The van der Waals surface area contributed by atoms with Gasteiger partial charge in [0.15, 0.2) is 0 Å². The molecule has 0 aliphatic heterocycles. The Morgan fingerprint density at radius 2 is 1.84 bits per heavy atom. The molecule has 2 heterocycles. The third kappa shape index (κ3) is 2.18. The Morgan fingerprint density at radius 1 is 1.00 bits per heavy atom. The van der Waals surface area contributed by atoms with E-state index in [-0.39, 0.29) is 6.04 Å². The average molecular weight is 270 g/mol. The third-order valence-corrected chi connectivity index (χ3v) is 3.45. The van der Waals surface area contributed by atoms with E-state index >= 15 is 0 Å². The Labute approximate surface area is 116 Å². The summed E-state index contributed by atoms with van der Waals surface area (Å²) in [4.78, 5) is 8.40. The highest BCUT2D eigenvalue weighted by Crippen LogP contribution is 2.29. The molecule has 4 heteroatoms. The topological polar surface area (TPSA) is 51.8 Å². The summed E-state index contributed by atoms with van der Waals surface area (Å²) >= 11 is 6.16. The average Bonchev–Trinajstić information content (AvgIpc) is 2.46. The van der Waals surface area contributed by atoms with E-state index in [2.05, 4.69) is 9.97 Å². The van der Waals surface area contributed by atoms with Crippen molar-refractivity contribution in [3.8, 4) is 0 Å². The Balaban J connectivity index is 2.17. The lowest BCUT2D eigenvalue weighted by molar-refractivity contribution is 0.874. The summed E-state index contributed by atoms with van der Waals surface area (Å²) in [6, 6.07) is 11.4. The second-order valence-electron chi connectivity index (χ2n) is 4.30. The van der Waals surface area contributed by atoms with Crippen molar-refractivity contribution in [1.82, 2.24) is 9.97 Å². The van der Waals surface area contributed by atoms with Crippen LogP contribution in [0.4, 0.5) is 0 Å². The van der Waals surface area contributed by atoms with Gasteiger partial charge in [0, 0.05) is 24.0 Å². The first-order chi connectivity index (χ1) is 9.27. The predicted octanol–water partition coefficient (Wildman–Crippen LogP) is 3.33. The zero-order valence-corrected chi connectivity index (χ0v) is 10.9. The van der Waals surface area contributed by atoms with E-state index in [1.807, 2.05) is 36.4 Å². The first kappa shape index (κ1) is 12.1. The molecule has 3 rings (SSSR count). The number of rotatable bonds is 2. The van der Waals surface area contributed by atoms with Crippen LogP contribution in [-0.2, 0) is 0 Å². The van der Waals surface area contributed by atoms with Crippen LogP contribution in [-0.4, -0.2) is 9.97 Å². The zero-order valence-electron chi connectivity index (χ0n) is 10.1. The Kier molecular flexibility index (Phi) is 3.15. The molecule has 0 aliphatic rings. The van der Waals surface area contributed by atoms with Crippen LogP contribution in [0.2, 0.25) is 5.02 Å². The molecule has 1 unspecified atom stereocenters. The lowest BCUT2D eigenvalue weighted by atomic mass is 9.98. The number of benzene rings is 1. The van der Waals surface area contributed by atoms with Gasteiger partial charge in [0.05, 0.1) is 16.6 Å². The smallest absolute Gasteiger partial charge is 0.0753 e. The summed E-state index contributed by atoms with van der Waals surface area (Å²) in [5.41, 5.74) is 9.06. The molecule has 19 heavy (non-hydrogen) atoms. The van der Waals surface area contributed by atoms with Crippen molar-refractivity contribution in [2.75, 3.05) is 0 Å². The number of fused-ring (bicyclic) bond motifs is 1. The first-order valence-corrected chi connectivity index (χ1v) is 6.34. The van der Waals surface area contributed by atoms with Gasteiger partial charge in [0.2, 0.25) is 0 Å². The van der Waals surface area contributed by atoms with Crippen LogP contribution in [0.1, 0.15) is 17.2 Å². The monoisotopic (exact) mass is 269 g/mol. The maximum atomic E-state index is 6.33. The number of pyridine rings is 2. The summed E-state index contributed by atoms with van der Waals surface area (Å²) in [5.74, 6) is 0. The summed E-state index contributed by atoms with van der Waals surface area (Å²) < 4.78 is 0. The van der Waals surface area contributed by atoms with Crippen molar-refractivity contribution in [2.45, 2.75) is 6.04 Å². The van der Waals surface area contributed by atoms with Crippen LogP contribution in [0.5, 0.6) is 0 Å². The molecule has 1 atom stereocenters. The molecule has 0 fully saturated rings. The van der Waals surface area contributed by atoms with Crippen LogP contribution < -0.4 is 5.73 Å². The minimum absolute atomic E-state index is 0.311. The number of para-hydroxylation sites is 1. The molecule has 2 aromatic heterocycles.